The van der Waals surface area contributed by atoms with Crippen molar-refractivity contribution in [1.82, 2.24) is 15.1 Å². The molecule has 28 heavy (non-hydrogen) atoms. The van der Waals surface area contributed by atoms with Gasteiger partial charge in [0.05, 0.1) is 0 Å². The summed E-state index contributed by atoms with van der Waals surface area (Å²) in [6.45, 7) is 4.14. The predicted molar refractivity (Wildman–Crippen MR) is 96.8 cm³/mol. The molecule has 0 aliphatic heterocycles. The van der Waals surface area contributed by atoms with E-state index in [0.29, 0.717) is 24.4 Å². The second kappa shape index (κ2) is 8.00. The molecule has 1 unspecified atom stereocenters. The van der Waals surface area contributed by atoms with Crippen molar-refractivity contribution in [2.75, 3.05) is 6.54 Å². The van der Waals surface area contributed by atoms with Gasteiger partial charge >= 0.3 is 12.1 Å². The van der Waals surface area contributed by atoms with Crippen LogP contribution in [0.15, 0.2) is 52.6 Å². The fourth-order valence-corrected chi connectivity index (χ4v) is 2.98. The molecule has 1 aliphatic rings. The van der Waals surface area contributed by atoms with Crippen LogP contribution in [0.25, 0.3) is 11.5 Å². The normalized spacial score (nSPS) is 16.8. The highest BCUT2D eigenvalue weighted by Gasteiger charge is 2.38. The maximum Gasteiger partial charge on any atom is 0.470 e. The Labute approximate surface area is 160 Å². The molecule has 0 bridgehead atoms. The summed E-state index contributed by atoms with van der Waals surface area (Å²) in [6.07, 6.45) is 3.00. The van der Waals surface area contributed by atoms with Crippen LogP contribution in [0.4, 0.5) is 13.2 Å². The number of rotatable bonds is 5. The largest absolute Gasteiger partial charge is 0.470 e. The topological polar surface area (TPSA) is 59.2 Å². The van der Waals surface area contributed by atoms with Gasteiger partial charge in [-0.25, -0.2) is 0 Å². The monoisotopic (exact) mass is 391 g/mol. The van der Waals surface area contributed by atoms with E-state index in [1.165, 1.54) is 6.92 Å². The van der Waals surface area contributed by atoms with Gasteiger partial charge in [-0.1, -0.05) is 31.2 Å². The number of hydrogen-bond acceptors (Lipinski definition) is 4. The first-order chi connectivity index (χ1) is 13.2. The SMILES string of the molecule is CC(=O)N(CCc1ccc(-c2nnc(C(F)(F)F)o2)cc1)C1=CC(C)CC=C1. The zero-order valence-corrected chi connectivity index (χ0v) is 15.5. The second-order valence-corrected chi connectivity index (χ2v) is 6.73. The molecular weight excluding hydrogens is 371 g/mol. The Hall–Kier alpha value is -2.90. The van der Waals surface area contributed by atoms with Crippen molar-refractivity contribution in [3.8, 4) is 11.5 Å². The van der Waals surface area contributed by atoms with Crippen LogP contribution in [0.1, 0.15) is 31.7 Å². The summed E-state index contributed by atoms with van der Waals surface area (Å²) in [5.74, 6) is -1.20. The molecule has 0 radical (unpaired) electrons. The van der Waals surface area contributed by atoms with Crippen LogP contribution < -0.4 is 0 Å². The molecule has 0 N–H and O–H groups in total. The Morgan fingerprint density at radius 3 is 2.54 bits per heavy atom. The lowest BCUT2D eigenvalue weighted by Gasteiger charge is -2.25. The van der Waals surface area contributed by atoms with Crippen LogP contribution in [-0.4, -0.2) is 27.5 Å². The van der Waals surface area contributed by atoms with Crippen molar-refractivity contribution in [2.45, 2.75) is 32.9 Å². The van der Waals surface area contributed by atoms with Gasteiger partial charge in [-0.2, -0.15) is 13.2 Å². The minimum absolute atomic E-state index is 0.0350. The molecule has 1 aromatic carbocycles. The third-order valence-electron chi connectivity index (χ3n) is 4.44. The molecule has 0 saturated heterocycles. The zero-order valence-electron chi connectivity index (χ0n) is 15.5. The molecule has 0 saturated carbocycles. The summed E-state index contributed by atoms with van der Waals surface area (Å²) >= 11 is 0. The van der Waals surface area contributed by atoms with Crippen LogP contribution in [0.3, 0.4) is 0 Å². The highest BCUT2D eigenvalue weighted by Crippen LogP contribution is 2.30. The highest BCUT2D eigenvalue weighted by molar-refractivity contribution is 5.76. The Bertz CT molecular complexity index is 898. The minimum atomic E-state index is -4.67. The molecule has 3 rings (SSSR count). The first-order valence-corrected chi connectivity index (χ1v) is 8.90. The number of halogens is 3. The van der Waals surface area contributed by atoms with Crippen molar-refractivity contribution >= 4 is 5.91 Å². The molecule has 1 amide bonds. The number of benzene rings is 1. The molecular formula is C20H20F3N3O2. The van der Waals surface area contributed by atoms with Gasteiger partial charge in [0.1, 0.15) is 0 Å². The van der Waals surface area contributed by atoms with Crippen LogP contribution in [0.2, 0.25) is 0 Å². The summed E-state index contributed by atoms with van der Waals surface area (Å²) in [6, 6.07) is 6.81. The molecule has 0 spiro atoms. The Morgan fingerprint density at radius 1 is 1.25 bits per heavy atom. The van der Waals surface area contributed by atoms with Crippen molar-refractivity contribution in [2.24, 2.45) is 5.92 Å². The second-order valence-electron chi connectivity index (χ2n) is 6.73. The summed E-state index contributed by atoms with van der Waals surface area (Å²) in [5.41, 5.74) is 2.24. The standard InChI is InChI=1S/C20H20F3N3O2/c1-13-4-3-5-17(12-13)26(14(2)27)11-10-15-6-8-16(9-7-15)18-24-25-19(28-18)20(21,22)23/h3,5-9,12-13H,4,10-11H2,1-2H3. The molecule has 5 nitrogen and oxygen atoms in total. The summed E-state index contributed by atoms with van der Waals surface area (Å²) < 4.78 is 42.4. The van der Waals surface area contributed by atoms with E-state index >= 15 is 0 Å². The molecule has 1 atom stereocenters. The number of hydrogen-bond donors (Lipinski definition) is 0. The molecule has 8 heteroatoms. The van der Waals surface area contributed by atoms with Gasteiger partial charge in [-0.15, -0.1) is 10.2 Å². The number of nitrogens with zero attached hydrogens (tertiary/aromatic N) is 3. The fraction of sp³-hybridized carbons (Fsp3) is 0.350. The number of allylic oxidation sites excluding steroid dienone is 3. The smallest absolute Gasteiger partial charge is 0.413 e. The first-order valence-electron chi connectivity index (χ1n) is 8.90. The first kappa shape index (κ1) is 19.9. The van der Waals surface area contributed by atoms with E-state index in [2.05, 4.69) is 33.7 Å². The number of alkyl halides is 3. The lowest BCUT2D eigenvalue weighted by atomic mass is 10.0. The van der Waals surface area contributed by atoms with E-state index in [0.717, 1.165) is 17.7 Å². The summed E-state index contributed by atoms with van der Waals surface area (Å²) in [7, 11) is 0. The summed E-state index contributed by atoms with van der Waals surface area (Å²) in [4.78, 5) is 13.8. The van der Waals surface area contributed by atoms with E-state index in [-0.39, 0.29) is 11.8 Å². The predicted octanol–water partition coefficient (Wildman–Crippen LogP) is 4.63. The average Bonchev–Trinajstić information content (AvgIpc) is 3.13. The molecule has 0 fully saturated rings. The van der Waals surface area contributed by atoms with Crippen LogP contribution in [0.5, 0.6) is 0 Å². The lowest BCUT2D eigenvalue weighted by Crippen LogP contribution is -2.30. The Morgan fingerprint density at radius 2 is 1.96 bits per heavy atom. The fourth-order valence-electron chi connectivity index (χ4n) is 2.98. The maximum atomic E-state index is 12.6. The van der Waals surface area contributed by atoms with E-state index < -0.39 is 12.1 Å². The van der Waals surface area contributed by atoms with E-state index in [9.17, 15) is 18.0 Å². The number of aromatic nitrogens is 2. The quantitative estimate of drug-likeness (QED) is 0.746. The van der Waals surface area contributed by atoms with Crippen LogP contribution in [0, 0.1) is 5.92 Å². The highest BCUT2D eigenvalue weighted by atomic mass is 19.4. The average molecular weight is 391 g/mol. The van der Waals surface area contributed by atoms with Gasteiger partial charge in [0.15, 0.2) is 0 Å². The van der Waals surface area contributed by atoms with E-state index in [4.69, 9.17) is 0 Å². The Balaban J connectivity index is 1.67. The molecule has 1 aliphatic carbocycles. The van der Waals surface area contributed by atoms with Gasteiger partial charge in [0, 0.05) is 24.7 Å². The number of carbonyl (C=O) groups excluding carboxylic acids is 1. The van der Waals surface area contributed by atoms with Gasteiger partial charge in [-0.05, 0) is 42.5 Å². The maximum absolute atomic E-state index is 12.6. The van der Waals surface area contributed by atoms with E-state index in [1.54, 1.807) is 29.2 Å². The zero-order chi connectivity index (χ0) is 20.3. The molecule has 1 aromatic heterocycles. The minimum Gasteiger partial charge on any atom is -0.413 e. The number of carbonyl (C=O) groups is 1. The molecule has 148 valence electrons. The van der Waals surface area contributed by atoms with Crippen molar-refractivity contribution in [3.05, 3.63) is 59.6 Å². The lowest BCUT2D eigenvalue weighted by molar-refractivity contribution is -0.157. The van der Waals surface area contributed by atoms with Gasteiger partial charge in [0.2, 0.25) is 11.8 Å². The summed E-state index contributed by atoms with van der Waals surface area (Å²) in [5, 5.41) is 6.47. The van der Waals surface area contributed by atoms with Crippen molar-refractivity contribution in [1.29, 1.82) is 0 Å². The van der Waals surface area contributed by atoms with Crippen LogP contribution in [-0.2, 0) is 17.4 Å². The third kappa shape index (κ3) is 4.68. The van der Waals surface area contributed by atoms with Crippen molar-refractivity contribution < 1.29 is 22.4 Å². The number of amides is 1. The van der Waals surface area contributed by atoms with Crippen molar-refractivity contribution in [3.63, 3.8) is 0 Å². The van der Waals surface area contributed by atoms with Gasteiger partial charge < -0.3 is 9.32 Å². The molecule has 2 aromatic rings. The Kier molecular flexibility index (Phi) is 5.67. The third-order valence-corrected chi connectivity index (χ3v) is 4.44. The molecule has 1 heterocycles. The van der Waals surface area contributed by atoms with Gasteiger partial charge in [-0.3, -0.25) is 4.79 Å². The van der Waals surface area contributed by atoms with Crippen LogP contribution >= 0.6 is 0 Å². The van der Waals surface area contributed by atoms with E-state index in [1.807, 2.05) is 6.08 Å². The van der Waals surface area contributed by atoms with Gasteiger partial charge in [0.25, 0.3) is 0 Å².